The minimum atomic E-state index is -3.76. The Kier molecular flexibility index (Phi) is 8.54. The third-order valence-electron chi connectivity index (χ3n) is 4.31. The molecule has 0 spiro atoms. The Morgan fingerprint density at radius 3 is 2.13 bits per heavy atom. The number of carbonyl (C=O) groups excluding carboxylic acids is 1. The average molecular weight is 472 g/mol. The van der Waals surface area contributed by atoms with Crippen LogP contribution in [0, 0.1) is 5.82 Å². The van der Waals surface area contributed by atoms with E-state index in [4.69, 9.17) is 0 Å². The lowest BCUT2D eigenvalue weighted by molar-refractivity contribution is -0.116. The molecular weight excluding hydrogens is 445 g/mol. The lowest BCUT2D eigenvalue weighted by Crippen LogP contribution is -2.28. The zero-order valence-electron chi connectivity index (χ0n) is 17.3. The molecule has 0 aliphatic heterocycles. The molecule has 170 valence electrons. The summed E-state index contributed by atoms with van der Waals surface area (Å²) in [5.74, 6) is -0.798. The SMILES string of the molecule is CCCS(=O)(=O)Nc1ccc(NC(=O)CCCN(C)S(=O)(=O)c2ccc(F)cc2)cc1. The summed E-state index contributed by atoms with van der Waals surface area (Å²) in [4.78, 5) is 12.1. The number of anilines is 2. The largest absolute Gasteiger partial charge is 0.326 e. The fourth-order valence-corrected chi connectivity index (χ4v) is 5.06. The average Bonchev–Trinajstić information content (AvgIpc) is 2.69. The molecule has 0 saturated carbocycles. The number of hydrogen-bond acceptors (Lipinski definition) is 5. The Morgan fingerprint density at radius 2 is 1.55 bits per heavy atom. The van der Waals surface area contributed by atoms with Crippen molar-refractivity contribution in [1.82, 2.24) is 4.31 Å². The Hall–Kier alpha value is -2.50. The molecular formula is C20H26FN3O5S2. The predicted octanol–water partition coefficient (Wildman–Crippen LogP) is 3.02. The van der Waals surface area contributed by atoms with Gasteiger partial charge in [0.15, 0.2) is 0 Å². The first kappa shape index (κ1) is 24.8. The zero-order chi connectivity index (χ0) is 23.1. The van der Waals surface area contributed by atoms with E-state index >= 15 is 0 Å². The molecule has 0 fully saturated rings. The van der Waals surface area contributed by atoms with Crippen LogP contribution >= 0.6 is 0 Å². The maximum Gasteiger partial charge on any atom is 0.242 e. The summed E-state index contributed by atoms with van der Waals surface area (Å²) < 4.78 is 65.0. The van der Waals surface area contributed by atoms with E-state index in [2.05, 4.69) is 10.0 Å². The predicted molar refractivity (Wildman–Crippen MR) is 118 cm³/mol. The number of benzene rings is 2. The highest BCUT2D eigenvalue weighted by molar-refractivity contribution is 7.92. The number of amides is 1. The lowest BCUT2D eigenvalue weighted by Gasteiger charge is -2.17. The van der Waals surface area contributed by atoms with Gasteiger partial charge in [-0.1, -0.05) is 6.92 Å². The van der Waals surface area contributed by atoms with Crippen molar-refractivity contribution in [1.29, 1.82) is 0 Å². The molecule has 2 aromatic rings. The van der Waals surface area contributed by atoms with Gasteiger partial charge in [0.1, 0.15) is 5.82 Å². The van der Waals surface area contributed by atoms with Gasteiger partial charge in [0.2, 0.25) is 26.0 Å². The third-order valence-corrected chi connectivity index (χ3v) is 7.68. The maximum absolute atomic E-state index is 13.0. The van der Waals surface area contributed by atoms with Gasteiger partial charge in [0.25, 0.3) is 0 Å². The summed E-state index contributed by atoms with van der Waals surface area (Å²) in [5.41, 5.74) is 0.898. The Labute approximate surface area is 182 Å². The maximum atomic E-state index is 13.0. The highest BCUT2D eigenvalue weighted by atomic mass is 32.2. The van der Waals surface area contributed by atoms with E-state index in [1.807, 2.05) is 0 Å². The molecule has 0 aliphatic carbocycles. The van der Waals surface area contributed by atoms with Gasteiger partial charge in [0, 0.05) is 31.4 Å². The molecule has 0 radical (unpaired) electrons. The minimum absolute atomic E-state index is 0.0181. The molecule has 0 unspecified atom stereocenters. The van der Waals surface area contributed by atoms with Crippen LogP contribution in [0.3, 0.4) is 0 Å². The van der Waals surface area contributed by atoms with Gasteiger partial charge in [-0.3, -0.25) is 9.52 Å². The molecule has 0 heterocycles. The van der Waals surface area contributed by atoms with Crippen molar-refractivity contribution in [3.63, 3.8) is 0 Å². The van der Waals surface area contributed by atoms with Gasteiger partial charge in [-0.2, -0.15) is 0 Å². The van der Waals surface area contributed by atoms with E-state index in [1.54, 1.807) is 31.2 Å². The Balaban J connectivity index is 1.83. The molecule has 8 nitrogen and oxygen atoms in total. The molecule has 2 aromatic carbocycles. The summed E-state index contributed by atoms with van der Waals surface area (Å²) in [7, 11) is -5.74. The third kappa shape index (κ3) is 7.60. The monoisotopic (exact) mass is 471 g/mol. The number of rotatable bonds is 11. The van der Waals surface area contributed by atoms with Crippen LogP contribution in [0.4, 0.5) is 15.8 Å². The van der Waals surface area contributed by atoms with Crippen LogP contribution in [-0.4, -0.2) is 46.4 Å². The molecule has 2 rings (SSSR count). The number of nitrogens with one attached hydrogen (secondary N) is 2. The first-order chi connectivity index (χ1) is 14.5. The van der Waals surface area contributed by atoms with Crippen LogP contribution in [0.15, 0.2) is 53.4 Å². The molecule has 0 aromatic heterocycles. The summed E-state index contributed by atoms with van der Waals surface area (Å²) >= 11 is 0. The zero-order valence-corrected chi connectivity index (χ0v) is 19.0. The van der Waals surface area contributed by atoms with Crippen LogP contribution < -0.4 is 10.0 Å². The molecule has 0 aliphatic rings. The van der Waals surface area contributed by atoms with Crippen molar-refractivity contribution in [3.05, 3.63) is 54.3 Å². The quantitative estimate of drug-likeness (QED) is 0.523. The van der Waals surface area contributed by atoms with Gasteiger partial charge in [-0.05, 0) is 61.4 Å². The number of hydrogen-bond donors (Lipinski definition) is 2. The fourth-order valence-electron chi connectivity index (χ4n) is 2.71. The van der Waals surface area contributed by atoms with Gasteiger partial charge in [0.05, 0.1) is 10.6 Å². The standard InChI is InChI=1S/C20H26FN3O5S2/c1-3-15-30(26,27)23-18-10-8-17(9-11-18)22-20(25)5-4-14-24(2)31(28,29)19-12-6-16(21)7-13-19/h6-13,23H,3-5,14-15H2,1-2H3,(H,22,25). The van der Waals surface area contributed by atoms with E-state index in [0.717, 1.165) is 16.4 Å². The van der Waals surface area contributed by atoms with Crippen LogP contribution in [0.25, 0.3) is 0 Å². The number of halogens is 1. The highest BCUT2D eigenvalue weighted by Gasteiger charge is 2.20. The molecule has 2 N–H and O–H groups in total. The number of nitrogens with zero attached hydrogens (tertiary/aromatic N) is 1. The molecule has 0 bridgehead atoms. The van der Waals surface area contributed by atoms with Crippen molar-refractivity contribution in [3.8, 4) is 0 Å². The van der Waals surface area contributed by atoms with Crippen molar-refractivity contribution in [2.45, 2.75) is 31.1 Å². The van der Waals surface area contributed by atoms with E-state index in [1.165, 1.54) is 19.2 Å². The molecule has 0 atom stereocenters. The number of carbonyl (C=O) groups is 1. The van der Waals surface area contributed by atoms with Crippen LogP contribution in [0.1, 0.15) is 26.2 Å². The lowest BCUT2D eigenvalue weighted by atomic mass is 10.2. The van der Waals surface area contributed by atoms with Crippen molar-refractivity contribution < 1.29 is 26.0 Å². The highest BCUT2D eigenvalue weighted by Crippen LogP contribution is 2.17. The van der Waals surface area contributed by atoms with Crippen molar-refractivity contribution >= 4 is 37.3 Å². The van der Waals surface area contributed by atoms with Gasteiger partial charge in [-0.15, -0.1) is 0 Å². The second-order valence-electron chi connectivity index (χ2n) is 6.93. The molecule has 0 saturated heterocycles. The van der Waals surface area contributed by atoms with E-state index in [9.17, 15) is 26.0 Å². The smallest absolute Gasteiger partial charge is 0.242 e. The van der Waals surface area contributed by atoms with Crippen LogP contribution in [0.5, 0.6) is 0 Å². The van der Waals surface area contributed by atoms with Crippen molar-refractivity contribution in [2.75, 3.05) is 29.4 Å². The van der Waals surface area contributed by atoms with Gasteiger partial charge in [-0.25, -0.2) is 25.5 Å². The normalized spacial score (nSPS) is 12.0. The molecule has 11 heteroatoms. The van der Waals surface area contributed by atoms with Gasteiger partial charge >= 0.3 is 0 Å². The molecule has 1 amide bonds. The summed E-state index contributed by atoms with van der Waals surface area (Å²) in [6, 6.07) is 10.8. The summed E-state index contributed by atoms with van der Waals surface area (Å²) in [6.07, 6.45) is 0.885. The van der Waals surface area contributed by atoms with E-state index < -0.39 is 25.9 Å². The minimum Gasteiger partial charge on any atom is -0.326 e. The van der Waals surface area contributed by atoms with E-state index in [0.29, 0.717) is 17.8 Å². The molecule has 31 heavy (non-hydrogen) atoms. The first-order valence-electron chi connectivity index (χ1n) is 9.66. The second kappa shape index (κ2) is 10.7. The summed E-state index contributed by atoms with van der Waals surface area (Å²) in [5, 5.41) is 2.68. The topological polar surface area (TPSA) is 113 Å². The van der Waals surface area contributed by atoms with Gasteiger partial charge < -0.3 is 5.32 Å². The first-order valence-corrected chi connectivity index (χ1v) is 12.7. The Bertz CT molecular complexity index is 1090. The van der Waals surface area contributed by atoms with E-state index in [-0.39, 0.29) is 35.9 Å². The second-order valence-corrected chi connectivity index (χ2v) is 10.8. The Morgan fingerprint density at radius 1 is 0.968 bits per heavy atom. The van der Waals surface area contributed by atoms with Crippen LogP contribution in [0.2, 0.25) is 0 Å². The summed E-state index contributed by atoms with van der Waals surface area (Å²) in [6.45, 7) is 1.89. The van der Waals surface area contributed by atoms with Crippen molar-refractivity contribution in [2.24, 2.45) is 0 Å². The fraction of sp³-hybridized carbons (Fsp3) is 0.350. The number of sulfonamides is 2. The van der Waals surface area contributed by atoms with Crippen LogP contribution in [-0.2, 0) is 24.8 Å².